The van der Waals surface area contributed by atoms with E-state index in [4.69, 9.17) is 18.9 Å². The van der Waals surface area contributed by atoms with E-state index in [1.165, 1.54) is 0 Å². The molecule has 0 saturated heterocycles. The average Bonchev–Trinajstić information content (AvgIpc) is 2.79. The fraction of sp³-hybridized carbons (Fsp3) is 0.375. The van der Waals surface area contributed by atoms with Gasteiger partial charge in [-0.15, -0.1) is 0 Å². The number of hydrogen-bond acceptors (Lipinski definition) is 5. The van der Waals surface area contributed by atoms with Crippen molar-refractivity contribution < 1.29 is 23.7 Å². The molecule has 160 valence electrons. The number of ether oxygens (including phenoxy) is 4. The second-order valence-electron chi connectivity index (χ2n) is 7.24. The summed E-state index contributed by atoms with van der Waals surface area (Å²) in [6, 6.07) is 11.4. The molecule has 1 aliphatic rings. The monoisotopic (exact) mass is 411 g/mol. The van der Waals surface area contributed by atoms with Gasteiger partial charge in [-0.1, -0.05) is 23.8 Å². The molecule has 0 aromatic heterocycles. The van der Waals surface area contributed by atoms with Gasteiger partial charge in [-0.25, -0.2) is 0 Å². The first-order valence-corrected chi connectivity index (χ1v) is 9.98. The van der Waals surface area contributed by atoms with Gasteiger partial charge < -0.3 is 23.8 Å². The summed E-state index contributed by atoms with van der Waals surface area (Å²) in [6.45, 7) is 4.92. The SMILES string of the molecule is COc1cc(OC)c(C2=CCN(C(=O)[C@H](C)Oc3ccc(C)cc3)CC2)c(OC)c1. The maximum Gasteiger partial charge on any atom is 0.263 e. The summed E-state index contributed by atoms with van der Waals surface area (Å²) >= 11 is 0. The van der Waals surface area contributed by atoms with Crippen molar-refractivity contribution in [2.45, 2.75) is 26.4 Å². The molecule has 3 rings (SSSR count). The minimum atomic E-state index is -0.548. The molecular weight excluding hydrogens is 382 g/mol. The van der Waals surface area contributed by atoms with Crippen LogP contribution in [0.4, 0.5) is 0 Å². The minimum absolute atomic E-state index is 0.0282. The van der Waals surface area contributed by atoms with Gasteiger partial charge in [-0.3, -0.25) is 4.79 Å². The van der Waals surface area contributed by atoms with Gasteiger partial charge in [0.25, 0.3) is 5.91 Å². The fourth-order valence-electron chi connectivity index (χ4n) is 3.55. The number of hydrogen-bond donors (Lipinski definition) is 0. The topological polar surface area (TPSA) is 57.2 Å². The van der Waals surface area contributed by atoms with Crippen LogP contribution < -0.4 is 18.9 Å². The Morgan fingerprint density at radius 1 is 0.967 bits per heavy atom. The van der Waals surface area contributed by atoms with Crippen molar-refractivity contribution in [2.75, 3.05) is 34.4 Å². The Morgan fingerprint density at radius 3 is 2.10 bits per heavy atom. The number of carbonyl (C=O) groups excluding carboxylic acids is 1. The fourth-order valence-corrected chi connectivity index (χ4v) is 3.55. The van der Waals surface area contributed by atoms with Crippen LogP contribution in [0.3, 0.4) is 0 Å². The van der Waals surface area contributed by atoms with Crippen molar-refractivity contribution in [3.8, 4) is 23.0 Å². The molecule has 1 heterocycles. The molecule has 0 saturated carbocycles. The second-order valence-corrected chi connectivity index (χ2v) is 7.24. The smallest absolute Gasteiger partial charge is 0.263 e. The standard InChI is InChI=1S/C24H29NO5/c1-16-6-8-19(9-7-16)30-17(2)24(26)25-12-10-18(11-13-25)23-21(28-4)14-20(27-3)15-22(23)29-5/h6-10,14-15,17H,11-13H2,1-5H3/t17-/m0/s1. The van der Waals surface area contributed by atoms with Crippen LogP contribution in [0.5, 0.6) is 23.0 Å². The molecule has 6 heteroatoms. The Labute approximate surface area is 178 Å². The maximum atomic E-state index is 12.8. The van der Waals surface area contributed by atoms with E-state index in [2.05, 4.69) is 0 Å². The van der Waals surface area contributed by atoms with Gasteiger partial charge in [0.1, 0.15) is 23.0 Å². The molecule has 0 radical (unpaired) electrons. The van der Waals surface area contributed by atoms with Crippen LogP contribution in [0.1, 0.15) is 24.5 Å². The molecule has 1 amide bonds. The third kappa shape index (κ3) is 4.70. The van der Waals surface area contributed by atoms with Crippen molar-refractivity contribution in [3.63, 3.8) is 0 Å². The zero-order valence-corrected chi connectivity index (χ0v) is 18.2. The Bertz CT molecular complexity index is 895. The highest BCUT2D eigenvalue weighted by Gasteiger charge is 2.26. The minimum Gasteiger partial charge on any atom is -0.496 e. The first-order valence-electron chi connectivity index (χ1n) is 9.98. The van der Waals surface area contributed by atoms with Gasteiger partial charge in [0, 0.05) is 25.2 Å². The zero-order valence-electron chi connectivity index (χ0n) is 18.2. The molecule has 6 nitrogen and oxygen atoms in total. The predicted octanol–water partition coefficient (Wildman–Crippen LogP) is 4.10. The van der Waals surface area contributed by atoms with Crippen molar-refractivity contribution in [1.29, 1.82) is 0 Å². The summed E-state index contributed by atoms with van der Waals surface area (Å²) in [6.07, 6.45) is 2.20. The van der Waals surface area contributed by atoms with Crippen LogP contribution in [-0.4, -0.2) is 51.3 Å². The molecule has 0 bridgehead atoms. The lowest BCUT2D eigenvalue weighted by atomic mass is 9.97. The van der Waals surface area contributed by atoms with Gasteiger partial charge in [0.05, 0.1) is 26.9 Å². The Kier molecular flexibility index (Phi) is 6.87. The summed E-state index contributed by atoms with van der Waals surface area (Å²) in [5.74, 6) is 2.71. The molecule has 0 spiro atoms. The third-order valence-corrected chi connectivity index (χ3v) is 5.24. The molecule has 2 aromatic carbocycles. The normalized spacial score (nSPS) is 14.6. The number of carbonyl (C=O) groups is 1. The number of rotatable bonds is 7. The highest BCUT2D eigenvalue weighted by Crippen LogP contribution is 2.40. The van der Waals surface area contributed by atoms with E-state index in [0.29, 0.717) is 42.5 Å². The Morgan fingerprint density at radius 2 is 1.60 bits per heavy atom. The lowest BCUT2D eigenvalue weighted by Gasteiger charge is -2.30. The van der Waals surface area contributed by atoms with E-state index < -0.39 is 6.10 Å². The first kappa shape index (κ1) is 21.6. The Hall–Kier alpha value is -3.15. The van der Waals surface area contributed by atoms with Crippen molar-refractivity contribution >= 4 is 11.5 Å². The number of aryl methyl sites for hydroxylation is 1. The quantitative estimate of drug-likeness (QED) is 0.686. The first-order chi connectivity index (χ1) is 14.5. The predicted molar refractivity (Wildman–Crippen MR) is 117 cm³/mol. The average molecular weight is 411 g/mol. The molecule has 0 fully saturated rings. The molecular formula is C24H29NO5. The third-order valence-electron chi connectivity index (χ3n) is 5.24. The van der Waals surface area contributed by atoms with E-state index in [1.807, 2.05) is 54.3 Å². The van der Waals surface area contributed by atoms with Gasteiger partial charge in [-0.05, 0) is 38.0 Å². The molecule has 0 unspecified atom stereocenters. The molecule has 0 aliphatic carbocycles. The van der Waals surface area contributed by atoms with E-state index in [1.54, 1.807) is 28.3 Å². The summed E-state index contributed by atoms with van der Waals surface area (Å²) in [7, 11) is 4.86. The summed E-state index contributed by atoms with van der Waals surface area (Å²) < 4.78 is 22.3. The number of amides is 1. The molecule has 2 aromatic rings. The summed E-state index contributed by atoms with van der Waals surface area (Å²) in [4.78, 5) is 14.7. The van der Waals surface area contributed by atoms with Gasteiger partial charge in [0.2, 0.25) is 0 Å². The van der Waals surface area contributed by atoms with Crippen LogP contribution in [0.15, 0.2) is 42.5 Å². The molecule has 1 atom stereocenters. The van der Waals surface area contributed by atoms with Gasteiger partial charge >= 0.3 is 0 Å². The number of nitrogens with zero attached hydrogens (tertiary/aromatic N) is 1. The maximum absolute atomic E-state index is 12.8. The summed E-state index contributed by atoms with van der Waals surface area (Å²) in [5, 5.41) is 0. The molecule has 1 aliphatic heterocycles. The molecule has 0 N–H and O–H groups in total. The molecule has 30 heavy (non-hydrogen) atoms. The van der Waals surface area contributed by atoms with Crippen molar-refractivity contribution in [2.24, 2.45) is 0 Å². The van der Waals surface area contributed by atoms with Crippen LogP contribution >= 0.6 is 0 Å². The van der Waals surface area contributed by atoms with E-state index >= 15 is 0 Å². The van der Waals surface area contributed by atoms with Crippen LogP contribution in [0.25, 0.3) is 5.57 Å². The van der Waals surface area contributed by atoms with Gasteiger partial charge in [-0.2, -0.15) is 0 Å². The van der Waals surface area contributed by atoms with E-state index in [0.717, 1.165) is 16.7 Å². The highest BCUT2D eigenvalue weighted by atomic mass is 16.5. The van der Waals surface area contributed by atoms with E-state index in [9.17, 15) is 4.79 Å². The van der Waals surface area contributed by atoms with E-state index in [-0.39, 0.29) is 5.91 Å². The van der Waals surface area contributed by atoms with Crippen LogP contribution in [-0.2, 0) is 4.79 Å². The van der Waals surface area contributed by atoms with Crippen molar-refractivity contribution in [3.05, 3.63) is 53.6 Å². The van der Waals surface area contributed by atoms with Gasteiger partial charge in [0.15, 0.2) is 6.10 Å². The lowest BCUT2D eigenvalue weighted by molar-refractivity contribution is -0.137. The largest absolute Gasteiger partial charge is 0.496 e. The van der Waals surface area contributed by atoms with Crippen LogP contribution in [0, 0.1) is 6.92 Å². The number of methoxy groups -OCH3 is 3. The second kappa shape index (κ2) is 9.57. The van der Waals surface area contributed by atoms with Crippen molar-refractivity contribution in [1.82, 2.24) is 4.90 Å². The zero-order chi connectivity index (χ0) is 21.7. The highest BCUT2D eigenvalue weighted by molar-refractivity contribution is 5.83. The van der Waals surface area contributed by atoms with Crippen LogP contribution in [0.2, 0.25) is 0 Å². The lowest BCUT2D eigenvalue weighted by Crippen LogP contribution is -2.42. The number of benzene rings is 2. The summed E-state index contributed by atoms with van der Waals surface area (Å²) in [5.41, 5.74) is 3.14. The Balaban J connectivity index is 1.73.